The van der Waals surface area contributed by atoms with Gasteiger partial charge in [-0.15, -0.1) is 23.2 Å². The van der Waals surface area contributed by atoms with Gasteiger partial charge in [-0.1, -0.05) is 109 Å². The third-order valence-corrected chi connectivity index (χ3v) is 11.2. The summed E-state index contributed by atoms with van der Waals surface area (Å²) in [5.74, 6) is 3.41. The van der Waals surface area contributed by atoms with E-state index in [0.29, 0.717) is 64.4 Å². The van der Waals surface area contributed by atoms with Crippen molar-refractivity contribution in [3.8, 4) is 45.3 Å². The van der Waals surface area contributed by atoms with Crippen LogP contribution in [0.15, 0.2) is 133 Å². The molecule has 1 aliphatic rings. The van der Waals surface area contributed by atoms with Gasteiger partial charge in [0, 0.05) is 33.4 Å². The lowest BCUT2D eigenvalue weighted by Gasteiger charge is -2.23. The van der Waals surface area contributed by atoms with Crippen molar-refractivity contribution in [2.24, 2.45) is 0 Å². The molecule has 9 rings (SSSR count). The lowest BCUT2D eigenvalue weighted by Crippen LogP contribution is -2.14. The monoisotopic (exact) mass is 808 g/mol. The average Bonchev–Trinajstić information content (AvgIpc) is 3.27. The minimum Gasteiger partial charge on any atom is -0.491 e. The second-order valence-corrected chi connectivity index (χ2v) is 14.7. The number of hydrogen-bond donors (Lipinski definition) is 0. The first-order chi connectivity index (χ1) is 28.7. The molecule has 0 saturated carbocycles. The maximum absolute atomic E-state index is 6.72. The molecular formula is C50H42Cl2O6. The van der Waals surface area contributed by atoms with E-state index in [1.54, 1.807) is 0 Å². The SMILES string of the molecule is ClCc1cc2ccccc2c2c1OCCOCCOc1ccc3ccccc3c1-c1c(ccc3ccccc13)OCCOCCOc1c(CCl)cc3ccccc3c1-2. The van der Waals surface area contributed by atoms with E-state index in [1.165, 1.54) is 0 Å². The highest BCUT2D eigenvalue weighted by molar-refractivity contribution is 6.19. The van der Waals surface area contributed by atoms with Crippen molar-refractivity contribution in [2.75, 3.05) is 52.9 Å². The first kappa shape index (κ1) is 38.0. The Kier molecular flexibility index (Phi) is 11.5. The summed E-state index contributed by atoms with van der Waals surface area (Å²) in [6.07, 6.45) is 0. The van der Waals surface area contributed by atoms with Gasteiger partial charge in [-0.2, -0.15) is 0 Å². The number of hydrogen-bond acceptors (Lipinski definition) is 6. The van der Waals surface area contributed by atoms with Crippen molar-refractivity contribution >= 4 is 66.3 Å². The first-order valence-corrected chi connectivity index (χ1v) is 20.7. The van der Waals surface area contributed by atoms with Crippen LogP contribution in [0.4, 0.5) is 0 Å². The molecule has 8 heteroatoms. The highest BCUT2D eigenvalue weighted by Gasteiger charge is 2.25. The molecule has 1 heterocycles. The molecule has 0 atom stereocenters. The van der Waals surface area contributed by atoms with E-state index in [2.05, 4.69) is 97.1 Å². The highest BCUT2D eigenvalue weighted by Crippen LogP contribution is 2.49. The third-order valence-electron chi connectivity index (χ3n) is 10.6. The van der Waals surface area contributed by atoms with Crippen LogP contribution in [0, 0.1) is 0 Å². The van der Waals surface area contributed by atoms with Gasteiger partial charge in [0.05, 0.1) is 38.2 Å². The Hall–Kier alpha value is -5.50. The van der Waals surface area contributed by atoms with Crippen LogP contribution in [0.1, 0.15) is 11.1 Å². The van der Waals surface area contributed by atoms with Crippen LogP contribution in [0.2, 0.25) is 0 Å². The Bertz CT molecular complexity index is 2560. The van der Waals surface area contributed by atoms with Gasteiger partial charge in [-0.3, -0.25) is 0 Å². The molecule has 0 N–H and O–H groups in total. The summed E-state index contributed by atoms with van der Waals surface area (Å²) in [5.41, 5.74) is 5.51. The maximum atomic E-state index is 6.72. The van der Waals surface area contributed by atoms with Crippen molar-refractivity contribution in [3.63, 3.8) is 0 Å². The van der Waals surface area contributed by atoms with Gasteiger partial charge in [0.2, 0.25) is 0 Å². The molecule has 0 bridgehead atoms. The molecule has 0 unspecified atom stereocenters. The minimum atomic E-state index is 0.258. The number of fused-ring (bicyclic) bond motifs is 14. The Morgan fingerprint density at radius 3 is 1.09 bits per heavy atom. The normalized spacial score (nSPS) is 14.4. The van der Waals surface area contributed by atoms with Crippen molar-refractivity contribution in [2.45, 2.75) is 11.8 Å². The Morgan fingerprint density at radius 1 is 0.345 bits per heavy atom. The molecule has 0 spiro atoms. The smallest absolute Gasteiger partial charge is 0.132 e. The van der Waals surface area contributed by atoms with E-state index in [4.69, 9.17) is 51.6 Å². The molecule has 58 heavy (non-hydrogen) atoms. The van der Waals surface area contributed by atoms with Gasteiger partial charge < -0.3 is 28.4 Å². The standard InChI is InChI=1S/C50H42Cl2O6/c51-31-37-29-35-11-3-7-15-41(35)47-48-42-16-8-4-12-36(42)30-38(32-52)50(48)58-28-24-54-22-26-56-44-20-18-34-10-2-6-14-40(34)46(44)45-39-13-5-1-9-33(39)17-19-43(45)55-25-21-53-23-27-57-49(37)47/h1-20,29-30H,21-28,31-32H2. The van der Waals surface area contributed by atoms with Crippen LogP contribution in [-0.4, -0.2) is 52.9 Å². The average molecular weight is 810 g/mol. The predicted molar refractivity (Wildman–Crippen MR) is 237 cm³/mol. The molecule has 292 valence electrons. The fourth-order valence-electron chi connectivity index (χ4n) is 8.09. The van der Waals surface area contributed by atoms with E-state index in [9.17, 15) is 0 Å². The number of alkyl halides is 2. The highest BCUT2D eigenvalue weighted by atomic mass is 35.5. The van der Waals surface area contributed by atoms with Gasteiger partial charge in [0.25, 0.3) is 0 Å². The largest absolute Gasteiger partial charge is 0.491 e. The Balaban J connectivity index is 1.11. The Labute approximate surface area is 347 Å². The summed E-state index contributed by atoms with van der Waals surface area (Å²) in [6.45, 7) is 2.67. The molecule has 1 aliphatic heterocycles. The molecule has 0 saturated heterocycles. The van der Waals surface area contributed by atoms with Crippen LogP contribution in [0.25, 0.3) is 65.3 Å². The van der Waals surface area contributed by atoms with Crippen molar-refractivity contribution in [3.05, 3.63) is 145 Å². The summed E-state index contributed by atoms with van der Waals surface area (Å²) >= 11 is 13.4. The molecule has 8 aromatic rings. The topological polar surface area (TPSA) is 55.4 Å². The quantitative estimate of drug-likeness (QED) is 0.162. The fourth-order valence-corrected chi connectivity index (χ4v) is 8.48. The lowest BCUT2D eigenvalue weighted by molar-refractivity contribution is 0.0757. The van der Waals surface area contributed by atoms with Crippen LogP contribution in [0.3, 0.4) is 0 Å². The van der Waals surface area contributed by atoms with Crippen molar-refractivity contribution in [1.29, 1.82) is 0 Å². The zero-order valence-electron chi connectivity index (χ0n) is 32.0. The molecular weight excluding hydrogens is 767 g/mol. The number of rotatable bonds is 2. The molecule has 0 amide bonds. The molecule has 0 fully saturated rings. The fraction of sp³-hybridized carbons (Fsp3) is 0.200. The molecule has 0 aliphatic carbocycles. The summed E-state index contributed by atoms with van der Waals surface area (Å²) < 4.78 is 38.9. The number of benzene rings is 8. The van der Waals surface area contributed by atoms with Gasteiger partial charge in [-0.05, 0) is 67.4 Å². The number of halogens is 2. The summed E-state index contributed by atoms with van der Waals surface area (Å²) in [6, 6.07) is 45.8. The summed E-state index contributed by atoms with van der Waals surface area (Å²) in [4.78, 5) is 0. The van der Waals surface area contributed by atoms with Crippen molar-refractivity contribution < 1.29 is 28.4 Å². The van der Waals surface area contributed by atoms with Gasteiger partial charge in [0.1, 0.15) is 49.4 Å². The van der Waals surface area contributed by atoms with E-state index in [-0.39, 0.29) is 11.8 Å². The first-order valence-electron chi connectivity index (χ1n) is 19.7. The van der Waals surface area contributed by atoms with E-state index < -0.39 is 0 Å². The minimum absolute atomic E-state index is 0.258. The maximum Gasteiger partial charge on any atom is 0.132 e. The molecule has 8 aromatic carbocycles. The van der Waals surface area contributed by atoms with Crippen molar-refractivity contribution in [1.82, 2.24) is 0 Å². The second-order valence-electron chi connectivity index (χ2n) is 14.1. The third kappa shape index (κ3) is 7.49. The van der Waals surface area contributed by atoms with Crippen LogP contribution >= 0.6 is 23.2 Å². The predicted octanol–water partition coefficient (Wildman–Crippen LogP) is 12.4. The summed E-state index contributed by atoms with van der Waals surface area (Å²) in [5, 5.41) is 8.50. The second kappa shape index (κ2) is 17.6. The van der Waals surface area contributed by atoms with Crippen LogP contribution < -0.4 is 18.9 Å². The van der Waals surface area contributed by atoms with E-state index >= 15 is 0 Å². The van der Waals surface area contributed by atoms with E-state index in [0.717, 1.165) is 88.0 Å². The zero-order chi connectivity index (χ0) is 39.3. The number of ether oxygens (including phenoxy) is 6. The Morgan fingerprint density at radius 2 is 0.690 bits per heavy atom. The molecule has 6 nitrogen and oxygen atoms in total. The van der Waals surface area contributed by atoms with Gasteiger partial charge in [0.15, 0.2) is 0 Å². The van der Waals surface area contributed by atoms with Gasteiger partial charge >= 0.3 is 0 Å². The summed E-state index contributed by atoms with van der Waals surface area (Å²) in [7, 11) is 0. The van der Waals surface area contributed by atoms with E-state index in [1.807, 2.05) is 36.4 Å². The molecule has 0 radical (unpaired) electrons. The van der Waals surface area contributed by atoms with Crippen LogP contribution in [0.5, 0.6) is 23.0 Å². The molecule has 0 aromatic heterocycles. The van der Waals surface area contributed by atoms with Crippen LogP contribution in [-0.2, 0) is 21.2 Å². The van der Waals surface area contributed by atoms with Gasteiger partial charge in [-0.25, -0.2) is 0 Å². The zero-order valence-corrected chi connectivity index (χ0v) is 33.5. The lowest BCUT2D eigenvalue weighted by atomic mass is 9.89.